The molecule has 11 heteroatoms. The monoisotopic (exact) mass is 503 g/mol. The van der Waals surface area contributed by atoms with Crippen LogP contribution in [0.1, 0.15) is 43.0 Å². The van der Waals surface area contributed by atoms with Gasteiger partial charge in [-0.25, -0.2) is 29.3 Å². The third-order valence-corrected chi connectivity index (χ3v) is 6.61. The number of aromatic nitrogens is 6. The molecule has 5 rings (SSSR count). The highest BCUT2D eigenvalue weighted by Crippen LogP contribution is 2.27. The topological polar surface area (TPSA) is 105 Å². The molecule has 10 nitrogen and oxygen atoms in total. The van der Waals surface area contributed by atoms with Crippen LogP contribution in [0.25, 0.3) is 22.4 Å². The average molecular weight is 504 g/mol. The molecule has 0 atom stereocenters. The van der Waals surface area contributed by atoms with Crippen LogP contribution in [0.2, 0.25) is 0 Å². The fourth-order valence-corrected chi connectivity index (χ4v) is 4.66. The summed E-state index contributed by atoms with van der Waals surface area (Å²) in [4.78, 5) is 38.7. The van der Waals surface area contributed by atoms with Crippen molar-refractivity contribution in [2.75, 3.05) is 38.0 Å². The number of aryl methyl sites for hydroxylation is 1. The number of hydrogen-bond acceptors (Lipinski definition) is 8. The molecule has 0 spiro atoms. The van der Waals surface area contributed by atoms with Crippen LogP contribution >= 0.6 is 0 Å². The zero-order valence-corrected chi connectivity index (χ0v) is 21.4. The van der Waals surface area contributed by atoms with E-state index in [-0.39, 0.29) is 23.6 Å². The fourth-order valence-electron chi connectivity index (χ4n) is 4.66. The number of hydrogen-bond donors (Lipinski definition) is 1. The third-order valence-electron chi connectivity index (χ3n) is 6.61. The van der Waals surface area contributed by atoms with Gasteiger partial charge in [0.1, 0.15) is 17.3 Å². The Balaban J connectivity index is 1.34. The summed E-state index contributed by atoms with van der Waals surface area (Å²) in [6.07, 6.45) is 4.22. The minimum absolute atomic E-state index is 0.0334. The highest BCUT2D eigenvalue weighted by molar-refractivity contribution is 5.94. The summed E-state index contributed by atoms with van der Waals surface area (Å²) in [7, 11) is 0. The highest BCUT2D eigenvalue weighted by atomic mass is 19.1. The van der Waals surface area contributed by atoms with Crippen LogP contribution in [0.5, 0.6) is 0 Å². The van der Waals surface area contributed by atoms with Crippen LogP contribution in [0.4, 0.5) is 16.2 Å². The maximum Gasteiger partial charge on any atom is 0.255 e. The van der Waals surface area contributed by atoms with Gasteiger partial charge < -0.3 is 19.7 Å². The minimum atomic E-state index is -0.559. The smallest absolute Gasteiger partial charge is 0.255 e. The van der Waals surface area contributed by atoms with E-state index in [0.717, 1.165) is 37.2 Å². The predicted octanol–water partition coefficient (Wildman–Crippen LogP) is 3.83. The summed E-state index contributed by atoms with van der Waals surface area (Å²) in [6.45, 7) is 12.3. The molecule has 0 saturated carbocycles. The Morgan fingerprint density at radius 3 is 2.51 bits per heavy atom. The number of carbonyl (C=O) groups excluding carboxylic acids is 1. The molecule has 1 fully saturated rings. The zero-order valence-electron chi connectivity index (χ0n) is 21.4. The van der Waals surface area contributed by atoms with E-state index in [1.165, 1.54) is 6.20 Å². The number of rotatable bonds is 6. The molecule has 1 aliphatic heterocycles. The molecule has 4 aromatic rings. The second kappa shape index (κ2) is 10.2. The highest BCUT2D eigenvalue weighted by Gasteiger charge is 2.22. The number of carbonyl (C=O) groups is 1. The van der Waals surface area contributed by atoms with Crippen molar-refractivity contribution in [3.63, 3.8) is 0 Å². The number of imidazole rings is 1. The van der Waals surface area contributed by atoms with Gasteiger partial charge in [-0.05, 0) is 45.5 Å². The lowest BCUT2D eigenvalue weighted by molar-refractivity contribution is 0.0643. The van der Waals surface area contributed by atoms with E-state index in [9.17, 15) is 9.18 Å². The van der Waals surface area contributed by atoms with Crippen molar-refractivity contribution >= 4 is 28.8 Å². The summed E-state index contributed by atoms with van der Waals surface area (Å²) in [6, 6.07) is 5.44. The van der Waals surface area contributed by atoms with Gasteiger partial charge in [-0.2, -0.15) is 0 Å². The average Bonchev–Trinajstić information content (AvgIpc) is 3.25. The number of halogens is 1. The van der Waals surface area contributed by atoms with Gasteiger partial charge in [0.15, 0.2) is 11.5 Å². The fraction of sp³-hybridized carbons (Fsp3) is 0.385. The molecule has 0 aromatic carbocycles. The van der Waals surface area contributed by atoms with Crippen LogP contribution in [0.15, 0.2) is 36.8 Å². The molecule has 1 amide bonds. The van der Waals surface area contributed by atoms with Crippen molar-refractivity contribution in [3.8, 4) is 11.3 Å². The number of anilines is 2. The lowest BCUT2D eigenvalue weighted by atomic mass is 10.2. The Morgan fingerprint density at radius 2 is 1.84 bits per heavy atom. The normalized spacial score (nSPS) is 14.5. The van der Waals surface area contributed by atoms with E-state index in [0.29, 0.717) is 35.7 Å². The first-order valence-corrected chi connectivity index (χ1v) is 12.5. The molecule has 1 aliphatic rings. The number of amides is 1. The molecule has 1 N–H and O–H groups in total. The molecular formula is C26H30FN9O. The van der Waals surface area contributed by atoms with E-state index in [1.807, 2.05) is 17.9 Å². The van der Waals surface area contributed by atoms with Crippen LogP contribution < -0.4 is 5.32 Å². The van der Waals surface area contributed by atoms with E-state index >= 15 is 0 Å². The van der Waals surface area contributed by atoms with Crippen molar-refractivity contribution in [1.29, 1.82) is 0 Å². The first-order chi connectivity index (χ1) is 17.8. The van der Waals surface area contributed by atoms with Crippen LogP contribution in [-0.4, -0.2) is 77.9 Å². The Morgan fingerprint density at radius 1 is 1.05 bits per heavy atom. The van der Waals surface area contributed by atoms with Gasteiger partial charge in [0.2, 0.25) is 5.95 Å². The summed E-state index contributed by atoms with van der Waals surface area (Å²) < 4.78 is 16.8. The van der Waals surface area contributed by atoms with Crippen molar-refractivity contribution in [3.05, 3.63) is 54.0 Å². The molecule has 0 unspecified atom stereocenters. The first-order valence-electron chi connectivity index (χ1n) is 12.5. The molecule has 4 aromatic heterocycles. The molecule has 1 saturated heterocycles. The summed E-state index contributed by atoms with van der Waals surface area (Å²) in [5, 5.41) is 3.00. The Kier molecular flexibility index (Phi) is 6.79. The second-order valence-corrected chi connectivity index (χ2v) is 9.36. The van der Waals surface area contributed by atoms with Crippen LogP contribution in [0.3, 0.4) is 0 Å². The Bertz CT molecular complexity index is 1430. The minimum Gasteiger partial charge on any atom is -0.336 e. The van der Waals surface area contributed by atoms with E-state index in [4.69, 9.17) is 0 Å². The molecule has 0 bridgehead atoms. The predicted molar refractivity (Wildman–Crippen MR) is 139 cm³/mol. The second-order valence-electron chi connectivity index (χ2n) is 9.36. The maximum absolute atomic E-state index is 14.8. The lowest BCUT2D eigenvalue weighted by Crippen LogP contribution is -2.48. The number of nitrogens with one attached hydrogen (secondary N) is 1. The van der Waals surface area contributed by atoms with Crippen LogP contribution in [0, 0.1) is 12.7 Å². The molecular weight excluding hydrogens is 473 g/mol. The largest absolute Gasteiger partial charge is 0.336 e. The maximum atomic E-state index is 14.8. The SMILES string of the molecule is CCN1CCN(C(=O)c2ccc(Nc3ncc(F)c(-c4cnc5nc(C)n(C(C)C)c5c4)n3)nc2)CC1. The van der Waals surface area contributed by atoms with Crippen molar-refractivity contribution < 1.29 is 9.18 Å². The number of fused-ring (bicyclic) bond motifs is 1. The third kappa shape index (κ3) is 4.99. The molecule has 0 aliphatic carbocycles. The summed E-state index contributed by atoms with van der Waals surface area (Å²) in [5.74, 6) is 0.890. The Labute approximate surface area is 214 Å². The molecule has 5 heterocycles. The standard InChI is InChI=1S/C26H30FN9O/c1-5-34-8-10-35(11-9-34)25(37)18-6-7-22(28-13-18)32-26-30-15-20(27)23(33-26)19-12-21-24(29-14-19)31-17(4)36(21)16(2)3/h6-7,12-16H,5,8-11H2,1-4H3,(H,28,30,32,33). The van der Waals surface area contributed by atoms with Crippen LogP contribution in [-0.2, 0) is 0 Å². The van der Waals surface area contributed by atoms with E-state index in [2.05, 4.69) is 60.5 Å². The number of nitrogens with zero attached hydrogens (tertiary/aromatic N) is 8. The van der Waals surface area contributed by atoms with Gasteiger partial charge >= 0.3 is 0 Å². The van der Waals surface area contributed by atoms with Gasteiger partial charge in [-0.15, -0.1) is 0 Å². The van der Waals surface area contributed by atoms with Gasteiger partial charge in [-0.3, -0.25) is 4.79 Å². The summed E-state index contributed by atoms with van der Waals surface area (Å²) >= 11 is 0. The van der Waals surface area contributed by atoms with Gasteiger partial charge in [-0.1, -0.05) is 6.92 Å². The van der Waals surface area contributed by atoms with Gasteiger partial charge in [0, 0.05) is 50.2 Å². The zero-order chi connectivity index (χ0) is 26.1. The molecule has 37 heavy (non-hydrogen) atoms. The first kappa shape index (κ1) is 24.7. The Hall–Kier alpha value is -3.99. The van der Waals surface area contributed by atoms with Crippen molar-refractivity contribution in [1.82, 2.24) is 39.3 Å². The number of likely N-dealkylation sites (N-methyl/N-ethyl adjacent to an activating group) is 1. The molecule has 0 radical (unpaired) electrons. The van der Waals surface area contributed by atoms with Crippen molar-refractivity contribution in [2.45, 2.75) is 33.7 Å². The molecule has 192 valence electrons. The van der Waals surface area contributed by atoms with Crippen molar-refractivity contribution in [2.24, 2.45) is 0 Å². The lowest BCUT2D eigenvalue weighted by Gasteiger charge is -2.34. The number of piperazine rings is 1. The summed E-state index contributed by atoms with van der Waals surface area (Å²) in [5.41, 5.74) is 2.59. The van der Waals surface area contributed by atoms with Gasteiger partial charge in [0.25, 0.3) is 5.91 Å². The van der Waals surface area contributed by atoms with E-state index in [1.54, 1.807) is 18.3 Å². The number of pyridine rings is 2. The van der Waals surface area contributed by atoms with Gasteiger partial charge in [0.05, 0.1) is 17.3 Å². The quantitative estimate of drug-likeness (QED) is 0.423. The van der Waals surface area contributed by atoms with E-state index < -0.39 is 5.82 Å².